The molecule has 4 unspecified atom stereocenters. The van der Waals surface area contributed by atoms with Gasteiger partial charge in [-0.1, -0.05) is 12.2 Å². The molecule has 0 N–H and O–H groups in total. The summed E-state index contributed by atoms with van der Waals surface area (Å²) in [5.74, 6) is -7.34. The van der Waals surface area contributed by atoms with Gasteiger partial charge in [0.2, 0.25) is 0 Å². The van der Waals surface area contributed by atoms with E-state index in [9.17, 15) is 43.9 Å². The number of alkyl halides is 10. The van der Waals surface area contributed by atoms with Gasteiger partial charge in [-0.05, 0) is 30.6 Å². The first-order valence-corrected chi connectivity index (χ1v) is 7.01. The normalized spacial score (nSPS) is 28.6. The molecule has 2 bridgehead atoms. The lowest BCUT2D eigenvalue weighted by atomic mass is 9.95. The summed E-state index contributed by atoms with van der Waals surface area (Å²) in [6.07, 6.45) is -18.4. The molecule has 2 nitrogen and oxygen atoms in total. The second-order valence-corrected chi connectivity index (χ2v) is 5.94. The van der Waals surface area contributed by atoms with Crippen molar-refractivity contribution in [3.05, 3.63) is 12.2 Å². The van der Waals surface area contributed by atoms with Crippen LogP contribution in [0.25, 0.3) is 0 Å². The van der Waals surface area contributed by atoms with Crippen LogP contribution in [0, 0.1) is 17.8 Å². The van der Waals surface area contributed by atoms with E-state index in [0.717, 1.165) is 0 Å². The van der Waals surface area contributed by atoms with Crippen LogP contribution in [0.4, 0.5) is 43.9 Å². The summed E-state index contributed by atoms with van der Waals surface area (Å²) >= 11 is 0. The molecule has 2 aliphatic rings. The Balaban J connectivity index is 1.95. The minimum absolute atomic E-state index is 0.124. The summed E-state index contributed by atoms with van der Waals surface area (Å²) in [5.41, 5.74) is 0. The lowest BCUT2D eigenvalue weighted by molar-refractivity contribution is -0.465. The molecule has 12 heteroatoms. The van der Waals surface area contributed by atoms with Crippen LogP contribution in [-0.4, -0.2) is 37.3 Å². The van der Waals surface area contributed by atoms with E-state index in [-0.39, 0.29) is 11.8 Å². The summed E-state index contributed by atoms with van der Waals surface area (Å²) in [7, 11) is 0. The van der Waals surface area contributed by atoms with Crippen molar-refractivity contribution in [2.75, 3.05) is 6.61 Å². The number of fused-ring (bicyclic) bond motifs is 2. The highest BCUT2D eigenvalue weighted by Crippen LogP contribution is 2.49. The zero-order chi connectivity index (χ0) is 19.3. The predicted octanol–water partition coefficient (Wildman–Crippen LogP) is 4.91. The van der Waals surface area contributed by atoms with Crippen LogP contribution in [0.3, 0.4) is 0 Å². The highest BCUT2D eigenvalue weighted by atomic mass is 19.4. The van der Waals surface area contributed by atoms with Crippen molar-refractivity contribution in [2.24, 2.45) is 17.8 Å². The Labute approximate surface area is 134 Å². The Morgan fingerprint density at radius 3 is 1.96 bits per heavy atom. The minimum atomic E-state index is -6.87. The lowest BCUT2D eigenvalue weighted by Crippen LogP contribution is -2.56. The number of hydrogen-bond acceptors (Lipinski definition) is 2. The highest BCUT2D eigenvalue weighted by Gasteiger charge is 2.76. The van der Waals surface area contributed by atoms with Crippen LogP contribution in [-0.2, 0) is 9.47 Å². The van der Waals surface area contributed by atoms with Gasteiger partial charge >= 0.3 is 24.3 Å². The molecule has 4 atom stereocenters. The van der Waals surface area contributed by atoms with Crippen molar-refractivity contribution in [1.29, 1.82) is 0 Å². The van der Waals surface area contributed by atoms with Crippen LogP contribution in [0.5, 0.6) is 0 Å². The highest BCUT2D eigenvalue weighted by molar-refractivity contribution is 5.10. The number of allylic oxidation sites excluding steroid dienone is 2. The Kier molecular flexibility index (Phi) is 5.10. The van der Waals surface area contributed by atoms with E-state index in [2.05, 4.69) is 9.47 Å². The van der Waals surface area contributed by atoms with E-state index >= 15 is 0 Å². The fourth-order valence-corrected chi connectivity index (χ4v) is 2.81. The first-order chi connectivity index (χ1) is 11.2. The Hall–Kier alpha value is -1.04. The van der Waals surface area contributed by atoms with Crippen molar-refractivity contribution in [3.63, 3.8) is 0 Å². The molecule has 0 aliphatic heterocycles. The summed E-state index contributed by atoms with van der Waals surface area (Å²) in [6.45, 7) is -0.788. The van der Waals surface area contributed by atoms with Crippen molar-refractivity contribution in [2.45, 2.75) is 43.5 Å². The molecule has 25 heavy (non-hydrogen) atoms. The Morgan fingerprint density at radius 1 is 0.920 bits per heavy atom. The zero-order valence-corrected chi connectivity index (χ0v) is 12.2. The second kappa shape index (κ2) is 6.29. The smallest absolute Gasteiger partial charge is 0.316 e. The van der Waals surface area contributed by atoms with Crippen molar-refractivity contribution in [1.82, 2.24) is 0 Å². The van der Waals surface area contributed by atoms with Crippen LogP contribution in [0.1, 0.15) is 12.8 Å². The fraction of sp³-hybridized carbons (Fsp3) is 0.846. The van der Waals surface area contributed by atoms with Gasteiger partial charge in [-0.3, -0.25) is 4.74 Å². The molecule has 0 radical (unpaired) electrons. The van der Waals surface area contributed by atoms with Crippen LogP contribution in [0.15, 0.2) is 12.2 Å². The van der Waals surface area contributed by atoms with Gasteiger partial charge in [0, 0.05) is 0 Å². The maximum Gasteiger partial charge on any atom is 0.462 e. The van der Waals surface area contributed by atoms with E-state index in [1.165, 1.54) is 0 Å². The lowest BCUT2D eigenvalue weighted by Gasteiger charge is -2.31. The van der Waals surface area contributed by atoms with Gasteiger partial charge in [0.1, 0.15) is 0 Å². The third-order valence-electron chi connectivity index (χ3n) is 4.14. The molecule has 1 fully saturated rings. The van der Waals surface area contributed by atoms with Gasteiger partial charge in [-0.2, -0.15) is 39.5 Å². The third kappa shape index (κ3) is 3.88. The van der Waals surface area contributed by atoms with Gasteiger partial charge in [-0.25, -0.2) is 4.39 Å². The van der Waals surface area contributed by atoms with E-state index < -0.39 is 43.2 Å². The summed E-state index contributed by atoms with van der Waals surface area (Å²) in [5, 5.41) is 0. The Morgan fingerprint density at radius 2 is 1.52 bits per heavy atom. The van der Waals surface area contributed by atoms with E-state index in [0.29, 0.717) is 12.8 Å². The Bertz CT molecular complexity index is 515. The monoisotopic (exact) mass is 390 g/mol. The van der Waals surface area contributed by atoms with Gasteiger partial charge in [0.15, 0.2) is 0 Å². The molecular formula is C13H12F10O2. The van der Waals surface area contributed by atoms with Gasteiger partial charge < -0.3 is 4.74 Å². The van der Waals surface area contributed by atoms with Crippen molar-refractivity contribution in [3.8, 4) is 0 Å². The standard InChI is InChI=1S/C13H12F10O2/c14-9(25-13(22,23)11(17,18)12(19,20)21)10(15,16)24-5-8-4-6-1-2-7(8)3-6/h1-2,6-9H,3-5H2. The molecule has 0 amide bonds. The predicted molar refractivity (Wildman–Crippen MR) is 61.7 cm³/mol. The molecule has 2 aliphatic carbocycles. The summed E-state index contributed by atoms with van der Waals surface area (Å²) < 4.78 is 132. The van der Waals surface area contributed by atoms with Gasteiger partial charge in [0.25, 0.3) is 6.36 Å². The summed E-state index contributed by atoms with van der Waals surface area (Å²) in [4.78, 5) is 0. The largest absolute Gasteiger partial charge is 0.462 e. The molecule has 0 saturated heterocycles. The molecule has 0 heterocycles. The first kappa shape index (κ1) is 20.3. The maximum atomic E-state index is 13.3. The average Bonchev–Trinajstić information content (AvgIpc) is 3.05. The van der Waals surface area contributed by atoms with E-state index in [1.807, 2.05) is 6.08 Å². The molecule has 1 saturated carbocycles. The van der Waals surface area contributed by atoms with E-state index in [1.54, 1.807) is 6.08 Å². The zero-order valence-electron chi connectivity index (χ0n) is 12.2. The molecular weight excluding hydrogens is 378 g/mol. The molecule has 0 spiro atoms. The van der Waals surface area contributed by atoms with Crippen molar-refractivity contribution < 1.29 is 53.4 Å². The molecule has 146 valence electrons. The number of halogens is 10. The molecule has 0 aromatic heterocycles. The third-order valence-corrected chi connectivity index (χ3v) is 4.14. The molecule has 0 aromatic rings. The van der Waals surface area contributed by atoms with Crippen LogP contribution in [0.2, 0.25) is 0 Å². The van der Waals surface area contributed by atoms with Crippen LogP contribution < -0.4 is 0 Å². The number of hydrogen-bond donors (Lipinski definition) is 0. The first-order valence-electron chi connectivity index (χ1n) is 7.01. The minimum Gasteiger partial charge on any atom is -0.316 e. The molecule has 0 aromatic carbocycles. The fourth-order valence-electron chi connectivity index (χ4n) is 2.81. The average molecular weight is 390 g/mol. The second-order valence-electron chi connectivity index (χ2n) is 5.94. The van der Waals surface area contributed by atoms with Gasteiger partial charge in [-0.15, -0.1) is 0 Å². The molecule has 2 rings (SSSR count). The number of rotatable bonds is 7. The van der Waals surface area contributed by atoms with E-state index in [4.69, 9.17) is 0 Å². The summed E-state index contributed by atoms with van der Waals surface area (Å²) in [6, 6.07) is 0. The quantitative estimate of drug-likeness (QED) is 0.454. The topological polar surface area (TPSA) is 18.5 Å². The maximum absolute atomic E-state index is 13.3. The SMILES string of the molecule is FC(OC(F)(F)C(F)(F)C(F)(F)F)C(F)(F)OCC1CC2C=CC1C2. The van der Waals surface area contributed by atoms with Gasteiger partial charge in [0.05, 0.1) is 6.61 Å². The van der Waals surface area contributed by atoms with Crippen LogP contribution >= 0.6 is 0 Å². The number of ether oxygens (including phenoxy) is 2. The van der Waals surface area contributed by atoms with Crippen molar-refractivity contribution >= 4 is 0 Å².